The standard InChI is InChI=1S/C23H28N2O3S.ClH/c1-4-6-15-12-18(16-8-9-21(26)17(14-16)7-5-2)22(27)20(13-15)25-23(28)19(24)10-11-29-3;/h4-5,8-9,12-14,19,26-27H,1-2,6-7,10-11,24H2,3H3,(H,25,28);1H/t19-;/m0./s1. The van der Waals surface area contributed by atoms with Crippen LogP contribution in [0, 0.1) is 0 Å². The smallest absolute Gasteiger partial charge is 0.241 e. The molecule has 5 nitrogen and oxygen atoms in total. The van der Waals surface area contributed by atoms with Crippen molar-refractivity contribution in [3.63, 3.8) is 0 Å². The Morgan fingerprint density at radius 3 is 2.53 bits per heavy atom. The van der Waals surface area contributed by atoms with Gasteiger partial charge in [-0.25, -0.2) is 0 Å². The Morgan fingerprint density at radius 2 is 1.90 bits per heavy atom. The molecule has 5 N–H and O–H groups in total. The summed E-state index contributed by atoms with van der Waals surface area (Å²) in [5, 5.41) is 23.6. The Kier molecular flexibility index (Phi) is 10.5. The van der Waals surface area contributed by atoms with Crippen LogP contribution in [0.4, 0.5) is 5.69 Å². The van der Waals surface area contributed by atoms with Crippen LogP contribution in [0.3, 0.4) is 0 Å². The molecule has 7 heteroatoms. The Labute approximate surface area is 188 Å². The summed E-state index contributed by atoms with van der Waals surface area (Å²) >= 11 is 1.62. The fraction of sp³-hybridized carbons (Fsp3) is 0.261. The highest BCUT2D eigenvalue weighted by atomic mass is 35.5. The molecule has 0 spiro atoms. The molecule has 0 aliphatic rings. The first-order chi connectivity index (χ1) is 13.9. The molecule has 0 saturated carbocycles. The third kappa shape index (κ3) is 6.55. The first-order valence-electron chi connectivity index (χ1n) is 9.36. The van der Waals surface area contributed by atoms with Crippen LogP contribution in [0.2, 0.25) is 0 Å². The number of carbonyl (C=O) groups excluding carboxylic acids is 1. The lowest BCUT2D eigenvalue weighted by Crippen LogP contribution is -2.36. The van der Waals surface area contributed by atoms with E-state index in [-0.39, 0.29) is 29.8 Å². The fourth-order valence-corrected chi connectivity index (χ4v) is 3.46. The van der Waals surface area contributed by atoms with E-state index in [0.717, 1.165) is 16.9 Å². The highest BCUT2D eigenvalue weighted by Gasteiger charge is 2.18. The molecule has 0 radical (unpaired) electrons. The SMILES string of the molecule is C=CCc1cc(NC(=O)[C@@H](N)CCSC)c(O)c(-c2ccc(O)c(CC=C)c2)c1.Cl. The number of rotatable bonds is 10. The van der Waals surface area contributed by atoms with Gasteiger partial charge in [0, 0.05) is 5.56 Å². The number of hydrogen-bond donors (Lipinski definition) is 4. The lowest BCUT2D eigenvalue weighted by molar-refractivity contribution is -0.117. The molecule has 0 heterocycles. The normalized spacial score (nSPS) is 11.3. The van der Waals surface area contributed by atoms with E-state index in [1.54, 1.807) is 48.2 Å². The number of thioether (sulfide) groups is 1. The average Bonchev–Trinajstić information content (AvgIpc) is 2.70. The van der Waals surface area contributed by atoms with Crippen molar-refractivity contribution >= 4 is 35.8 Å². The molecule has 1 amide bonds. The van der Waals surface area contributed by atoms with Gasteiger partial charge >= 0.3 is 0 Å². The van der Waals surface area contributed by atoms with Crippen LogP contribution in [0.1, 0.15) is 17.5 Å². The number of phenols is 2. The van der Waals surface area contributed by atoms with Crippen LogP contribution in [0.5, 0.6) is 11.5 Å². The zero-order valence-electron chi connectivity index (χ0n) is 17.1. The highest BCUT2D eigenvalue weighted by Crippen LogP contribution is 2.38. The van der Waals surface area contributed by atoms with Crippen molar-refractivity contribution in [2.75, 3.05) is 17.3 Å². The van der Waals surface area contributed by atoms with E-state index in [1.807, 2.05) is 12.3 Å². The number of halogens is 1. The molecular weight excluding hydrogens is 420 g/mol. The number of aromatic hydroxyl groups is 2. The summed E-state index contributed by atoms with van der Waals surface area (Å²) < 4.78 is 0. The second kappa shape index (κ2) is 12.3. The van der Waals surface area contributed by atoms with Gasteiger partial charge < -0.3 is 21.3 Å². The monoisotopic (exact) mass is 448 g/mol. The van der Waals surface area contributed by atoms with Crippen LogP contribution in [-0.4, -0.2) is 34.2 Å². The van der Waals surface area contributed by atoms with Crippen molar-refractivity contribution in [1.82, 2.24) is 0 Å². The Bertz CT molecular complexity index is 902. The maximum absolute atomic E-state index is 12.5. The summed E-state index contributed by atoms with van der Waals surface area (Å²) in [6.45, 7) is 7.47. The van der Waals surface area contributed by atoms with Gasteiger partial charge in [-0.1, -0.05) is 18.2 Å². The number of amides is 1. The number of nitrogens with one attached hydrogen (secondary N) is 1. The van der Waals surface area contributed by atoms with E-state index < -0.39 is 6.04 Å². The van der Waals surface area contributed by atoms with E-state index in [9.17, 15) is 15.0 Å². The van der Waals surface area contributed by atoms with Crippen LogP contribution < -0.4 is 11.1 Å². The average molecular weight is 449 g/mol. The summed E-state index contributed by atoms with van der Waals surface area (Å²) in [6.07, 6.45) is 7.04. The first kappa shape index (κ1) is 25.6. The molecule has 0 aromatic heterocycles. The minimum absolute atomic E-state index is 0. The van der Waals surface area contributed by atoms with Gasteiger partial charge in [-0.2, -0.15) is 11.8 Å². The molecule has 0 bridgehead atoms. The molecule has 0 saturated heterocycles. The van der Waals surface area contributed by atoms with Gasteiger partial charge in [0.1, 0.15) is 11.5 Å². The molecule has 0 aliphatic carbocycles. The molecule has 0 fully saturated rings. The Balaban J connectivity index is 0.00000450. The Morgan fingerprint density at radius 1 is 1.20 bits per heavy atom. The van der Waals surface area contributed by atoms with E-state index in [1.165, 1.54) is 0 Å². The zero-order chi connectivity index (χ0) is 21.4. The lowest BCUT2D eigenvalue weighted by Gasteiger charge is -2.17. The van der Waals surface area contributed by atoms with Crippen molar-refractivity contribution in [2.24, 2.45) is 5.73 Å². The van der Waals surface area contributed by atoms with Crippen molar-refractivity contribution in [2.45, 2.75) is 25.3 Å². The zero-order valence-corrected chi connectivity index (χ0v) is 18.7. The second-order valence-corrected chi connectivity index (χ2v) is 7.73. The minimum atomic E-state index is -0.652. The van der Waals surface area contributed by atoms with Crippen LogP contribution in [-0.2, 0) is 17.6 Å². The molecule has 0 aliphatic heterocycles. The number of benzene rings is 2. The van der Waals surface area contributed by atoms with Crippen LogP contribution in [0.25, 0.3) is 11.1 Å². The van der Waals surface area contributed by atoms with Gasteiger partial charge in [0.15, 0.2) is 0 Å². The van der Waals surface area contributed by atoms with Crippen molar-refractivity contribution in [3.05, 3.63) is 66.8 Å². The second-order valence-electron chi connectivity index (χ2n) is 6.75. The van der Waals surface area contributed by atoms with Gasteiger partial charge in [0.05, 0.1) is 11.7 Å². The lowest BCUT2D eigenvalue weighted by atomic mass is 9.96. The summed E-state index contributed by atoms with van der Waals surface area (Å²) in [6, 6.07) is 8.05. The molecule has 30 heavy (non-hydrogen) atoms. The van der Waals surface area contributed by atoms with Gasteiger partial charge in [0.2, 0.25) is 5.91 Å². The molecule has 2 aromatic rings. The maximum Gasteiger partial charge on any atom is 0.241 e. The molecule has 0 unspecified atom stereocenters. The third-order valence-electron chi connectivity index (χ3n) is 4.53. The molecule has 162 valence electrons. The van der Waals surface area contributed by atoms with E-state index in [4.69, 9.17) is 5.73 Å². The molecule has 1 atom stereocenters. The summed E-state index contributed by atoms with van der Waals surface area (Å²) in [5.41, 5.74) is 9.14. The summed E-state index contributed by atoms with van der Waals surface area (Å²) in [7, 11) is 0. The maximum atomic E-state index is 12.5. The van der Waals surface area contributed by atoms with Crippen molar-refractivity contribution < 1.29 is 15.0 Å². The van der Waals surface area contributed by atoms with E-state index >= 15 is 0 Å². The summed E-state index contributed by atoms with van der Waals surface area (Å²) in [5.74, 6) is 0.568. The number of hydrogen-bond acceptors (Lipinski definition) is 5. The fourth-order valence-electron chi connectivity index (χ4n) is 2.97. The predicted molar refractivity (Wildman–Crippen MR) is 130 cm³/mol. The number of phenolic OH excluding ortho intramolecular Hbond substituents is 2. The van der Waals surface area contributed by atoms with E-state index in [0.29, 0.717) is 36.1 Å². The predicted octanol–water partition coefficient (Wildman–Crippen LogP) is 4.66. The Hall–Kier alpha value is -2.41. The van der Waals surface area contributed by atoms with Crippen LogP contribution >= 0.6 is 24.2 Å². The topological polar surface area (TPSA) is 95.6 Å². The van der Waals surface area contributed by atoms with E-state index in [2.05, 4.69) is 18.5 Å². The number of anilines is 1. The van der Waals surface area contributed by atoms with Crippen molar-refractivity contribution in [3.8, 4) is 22.6 Å². The van der Waals surface area contributed by atoms with Gasteiger partial charge in [-0.05, 0) is 72.2 Å². The van der Waals surface area contributed by atoms with Gasteiger partial charge in [-0.15, -0.1) is 25.6 Å². The molecule has 2 rings (SSSR count). The number of nitrogens with two attached hydrogens (primary N) is 1. The van der Waals surface area contributed by atoms with Gasteiger partial charge in [-0.3, -0.25) is 4.79 Å². The third-order valence-corrected chi connectivity index (χ3v) is 5.18. The highest BCUT2D eigenvalue weighted by molar-refractivity contribution is 7.98. The summed E-state index contributed by atoms with van der Waals surface area (Å²) in [4.78, 5) is 12.5. The number of allylic oxidation sites excluding steroid dienone is 2. The molecule has 2 aromatic carbocycles. The van der Waals surface area contributed by atoms with Gasteiger partial charge in [0.25, 0.3) is 0 Å². The quantitative estimate of drug-likeness (QED) is 0.313. The van der Waals surface area contributed by atoms with Crippen LogP contribution in [0.15, 0.2) is 55.6 Å². The number of carbonyl (C=O) groups is 1. The van der Waals surface area contributed by atoms with Crippen molar-refractivity contribution in [1.29, 1.82) is 0 Å². The first-order valence-corrected chi connectivity index (χ1v) is 10.8. The minimum Gasteiger partial charge on any atom is -0.508 e. The molecular formula is C23H29ClN2O3S. The largest absolute Gasteiger partial charge is 0.508 e.